The van der Waals surface area contributed by atoms with Crippen LogP contribution in [-0.4, -0.2) is 41.5 Å². The molecule has 0 saturated heterocycles. The highest BCUT2D eigenvalue weighted by atomic mass is 16.3. The normalized spacial score (nSPS) is 28.7. The second-order valence-electron chi connectivity index (χ2n) is 6.29. The topological polar surface area (TPSA) is 40.5 Å². The minimum atomic E-state index is -0.116. The summed E-state index contributed by atoms with van der Waals surface area (Å²) in [6, 6.07) is 0.624. The molecular weight excluding hydrogens is 214 g/mol. The van der Waals surface area contributed by atoms with Crippen LogP contribution in [0.2, 0.25) is 0 Å². The lowest BCUT2D eigenvalue weighted by atomic mass is 9.87. The largest absolute Gasteiger partial charge is 0.395 e. The Balaban J connectivity index is 1.92. The van der Waals surface area contributed by atoms with Crippen LogP contribution in [0, 0.1) is 11.3 Å². The van der Waals surface area contributed by atoms with E-state index in [4.69, 9.17) is 5.11 Å². The number of aliphatic hydroxyl groups is 1. The Labute approximate surface area is 104 Å². The molecule has 17 heavy (non-hydrogen) atoms. The van der Waals surface area contributed by atoms with Gasteiger partial charge in [0.15, 0.2) is 0 Å². The molecule has 2 rings (SSSR count). The molecule has 2 aliphatic carbocycles. The van der Waals surface area contributed by atoms with Gasteiger partial charge in [-0.25, -0.2) is 0 Å². The summed E-state index contributed by atoms with van der Waals surface area (Å²) in [5, 5.41) is 9.12. The molecule has 2 fully saturated rings. The van der Waals surface area contributed by atoms with Crippen LogP contribution >= 0.6 is 0 Å². The minimum Gasteiger partial charge on any atom is -0.395 e. The molecule has 0 heterocycles. The van der Waals surface area contributed by atoms with Crippen molar-refractivity contribution in [1.29, 1.82) is 0 Å². The Morgan fingerprint density at radius 3 is 2.47 bits per heavy atom. The molecule has 0 amide bonds. The number of carbonyl (C=O) groups is 1. The summed E-state index contributed by atoms with van der Waals surface area (Å²) in [4.78, 5) is 14.5. The Kier molecular flexibility index (Phi) is 3.88. The molecule has 0 aromatic rings. The molecule has 0 bridgehead atoms. The maximum Gasteiger partial charge on any atom is 0.142 e. The van der Waals surface area contributed by atoms with E-state index in [2.05, 4.69) is 18.7 Å². The highest BCUT2D eigenvalue weighted by Gasteiger charge is 2.41. The van der Waals surface area contributed by atoms with E-state index in [0.29, 0.717) is 11.8 Å². The van der Waals surface area contributed by atoms with Gasteiger partial charge in [-0.2, -0.15) is 0 Å². The SMILES string of the molecule is CC1(C)CCC(CN(CCO)C2CCC2)C1=O. The van der Waals surface area contributed by atoms with Crippen molar-refractivity contribution >= 4 is 5.78 Å². The lowest BCUT2D eigenvalue weighted by molar-refractivity contribution is -0.128. The molecule has 0 radical (unpaired) electrons. The standard InChI is InChI=1S/C14H25NO2/c1-14(2)7-6-11(13(14)17)10-15(8-9-16)12-4-3-5-12/h11-12,16H,3-10H2,1-2H3. The van der Waals surface area contributed by atoms with Crippen molar-refractivity contribution in [2.24, 2.45) is 11.3 Å². The van der Waals surface area contributed by atoms with Crippen LogP contribution in [0.15, 0.2) is 0 Å². The average molecular weight is 239 g/mol. The number of hydrogen-bond donors (Lipinski definition) is 1. The molecule has 0 aliphatic heterocycles. The smallest absolute Gasteiger partial charge is 0.142 e. The first kappa shape index (κ1) is 13.0. The second kappa shape index (κ2) is 5.07. The summed E-state index contributed by atoms with van der Waals surface area (Å²) in [5.74, 6) is 0.636. The predicted octanol–water partition coefficient (Wildman–Crippen LogP) is 1.84. The zero-order chi connectivity index (χ0) is 12.5. The highest BCUT2D eigenvalue weighted by Crippen LogP contribution is 2.38. The van der Waals surface area contributed by atoms with Crippen LogP contribution in [0.3, 0.4) is 0 Å². The van der Waals surface area contributed by atoms with Crippen molar-refractivity contribution in [3.63, 3.8) is 0 Å². The minimum absolute atomic E-state index is 0.116. The number of Topliss-reactive ketones (excluding diaryl/α,β-unsaturated/α-hetero) is 1. The van der Waals surface area contributed by atoms with E-state index in [1.807, 2.05) is 0 Å². The third-order valence-electron chi connectivity index (χ3n) is 4.59. The van der Waals surface area contributed by atoms with Gasteiger partial charge in [0.25, 0.3) is 0 Å². The molecule has 0 aromatic heterocycles. The number of rotatable bonds is 5. The summed E-state index contributed by atoms with van der Waals surface area (Å²) in [7, 11) is 0. The number of carbonyl (C=O) groups excluding carboxylic acids is 1. The van der Waals surface area contributed by atoms with Crippen LogP contribution in [0.25, 0.3) is 0 Å². The van der Waals surface area contributed by atoms with Gasteiger partial charge in [0.2, 0.25) is 0 Å². The van der Waals surface area contributed by atoms with Crippen LogP contribution in [0.4, 0.5) is 0 Å². The average Bonchev–Trinajstić information content (AvgIpc) is 2.43. The van der Waals surface area contributed by atoms with E-state index < -0.39 is 0 Å². The van der Waals surface area contributed by atoms with Crippen molar-refractivity contribution < 1.29 is 9.90 Å². The van der Waals surface area contributed by atoms with Gasteiger partial charge in [-0.3, -0.25) is 9.69 Å². The van der Waals surface area contributed by atoms with Crippen molar-refractivity contribution in [2.75, 3.05) is 19.7 Å². The number of aliphatic hydroxyl groups excluding tert-OH is 1. The van der Waals surface area contributed by atoms with E-state index in [9.17, 15) is 4.79 Å². The highest BCUT2D eigenvalue weighted by molar-refractivity contribution is 5.88. The van der Waals surface area contributed by atoms with Gasteiger partial charge in [-0.15, -0.1) is 0 Å². The van der Waals surface area contributed by atoms with Gasteiger partial charge in [-0.1, -0.05) is 20.3 Å². The second-order valence-corrected chi connectivity index (χ2v) is 6.29. The van der Waals surface area contributed by atoms with E-state index in [1.54, 1.807) is 0 Å². The van der Waals surface area contributed by atoms with Gasteiger partial charge in [0, 0.05) is 30.5 Å². The Morgan fingerprint density at radius 2 is 2.06 bits per heavy atom. The third kappa shape index (κ3) is 2.71. The Bertz CT molecular complexity index is 284. The zero-order valence-corrected chi connectivity index (χ0v) is 11.1. The van der Waals surface area contributed by atoms with E-state index in [0.717, 1.165) is 25.9 Å². The van der Waals surface area contributed by atoms with Crippen molar-refractivity contribution in [1.82, 2.24) is 4.90 Å². The molecular formula is C14H25NO2. The number of hydrogen-bond acceptors (Lipinski definition) is 3. The van der Waals surface area contributed by atoms with E-state index >= 15 is 0 Å². The van der Waals surface area contributed by atoms with Crippen LogP contribution in [0.5, 0.6) is 0 Å². The van der Waals surface area contributed by atoms with Crippen molar-refractivity contribution in [3.8, 4) is 0 Å². The fourth-order valence-electron chi connectivity index (χ4n) is 3.10. The molecule has 1 atom stereocenters. The fraction of sp³-hybridized carbons (Fsp3) is 0.929. The molecule has 1 unspecified atom stereocenters. The first-order valence-corrected chi connectivity index (χ1v) is 6.94. The summed E-state index contributed by atoms with van der Waals surface area (Å²) in [6.45, 7) is 5.94. The monoisotopic (exact) mass is 239 g/mol. The Morgan fingerprint density at radius 1 is 1.35 bits per heavy atom. The number of ketones is 1. The van der Waals surface area contributed by atoms with Crippen LogP contribution < -0.4 is 0 Å². The van der Waals surface area contributed by atoms with Gasteiger partial charge in [-0.05, 0) is 25.7 Å². The summed E-state index contributed by atoms with van der Waals surface area (Å²) in [6.07, 6.45) is 5.83. The summed E-state index contributed by atoms with van der Waals surface area (Å²) in [5.41, 5.74) is -0.116. The molecule has 0 spiro atoms. The fourth-order valence-corrected chi connectivity index (χ4v) is 3.10. The molecule has 2 saturated carbocycles. The maximum atomic E-state index is 12.2. The molecule has 2 aliphatic rings. The first-order valence-electron chi connectivity index (χ1n) is 6.94. The van der Waals surface area contributed by atoms with E-state index in [1.165, 1.54) is 19.3 Å². The molecule has 3 heteroatoms. The summed E-state index contributed by atoms with van der Waals surface area (Å²) < 4.78 is 0. The van der Waals surface area contributed by atoms with Gasteiger partial charge in [0.05, 0.1) is 6.61 Å². The maximum absolute atomic E-state index is 12.2. The Hall–Kier alpha value is -0.410. The van der Waals surface area contributed by atoms with E-state index in [-0.39, 0.29) is 17.9 Å². The lowest BCUT2D eigenvalue weighted by Gasteiger charge is -2.38. The van der Waals surface area contributed by atoms with Crippen molar-refractivity contribution in [2.45, 2.75) is 52.0 Å². The van der Waals surface area contributed by atoms with Gasteiger partial charge < -0.3 is 5.11 Å². The molecule has 3 nitrogen and oxygen atoms in total. The number of nitrogens with zero attached hydrogens (tertiary/aromatic N) is 1. The third-order valence-corrected chi connectivity index (χ3v) is 4.59. The van der Waals surface area contributed by atoms with Crippen LogP contribution in [0.1, 0.15) is 46.0 Å². The van der Waals surface area contributed by atoms with Gasteiger partial charge in [0.1, 0.15) is 5.78 Å². The quantitative estimate of drug-likeness (QED) is 0.796. The van der Waals surface area contributed by atoms with Crippen LogP contribution in [-0.2, 0) is 4.79 Å². The molecule has 98 valence electrons. The molecule has 0 aromatic carbocycles. The summed E-state index contributed by atoms with van der Waals surface area (Å²) >= 11 is 0. The van der Waals surface area contributed by atoms with Crippen molar-refractivity contribution in [3.05, 3.63) is 0 Å². The predicted molar refractivity (Wildman–Crippen MR) is 67.8 cm³/mol. The zero-order valence-electron chi connectivity index (χ0n) is 11.1. The lowest BCUT2D eigenvalue weighted by Crippen LogP contribution is -2.45. The molecule has 1 N–H and O–H groups in total. The van der Waals surface area contributed by atoms with Gasteiger partial charge >= 0.3 is 0 Å². The first-order chi connectivity index (χ1) is 8.04.